The van der Waals surface area contributed by atoms with Crippen LogP contribution < -0.4 is 5.73 Å². The average Bonchev–Trinajstić information content (AvgIpc) is 2.37. The highest BCUT2D eigenvalue weighted by atomic mass is 16.3. The normalized spacial score (nSPS) is 14.9. The Bertz CT molecular complexity index is 563. The monoisotopic (exact) mass is 257 g/mol. The van der Waals surface area contributed by atoms with Gasteiger partial charge in [0.2, 0.25) is 0 Å². The molecule has 0 aliphatic carbocycles. The van der Waals surface area contributed by atoms with E-state index in [0.29, 0.717) is 17.2 Å². The van der Waals surface area contributed by atoms with Gasteiger partial charge < -0.3 is 10.8 Å². The summed E-state index contributed by atoms with van der Waals surface area (Å²) < 4.78 is 0. The fourth-order valence-electron chi connectivity index (χ4n) is 2.13. The van der Waals surface area contributed by atoms with E-state index in [1.165, 1.54) is 0 Å². The molecular formula is C15H19N3O. The summed E-state index contributed by atoms with van der Waals surface area (Å²) in [7, 11) is 0. The van der Waals surface area contributed by atoms with Crippen molar-refractivity contribution in [3.63, 3.8) is 0 Å². The maximum absolute atomic E-state index is 11.2. The van der Waals surface area contributed by atoms with Crippen LogP contribution in [0.4, 0.5) is 5.82 Å². The Morgan fingerprint density at radius 1 is 1.00 bits per heavy atom. The Morgan fingerprint density at radius 2 is 1.68 bits per heavy atom. The van der Waals surface area contributed by atoms with Crippen LogP contribution in [0, 0.1) is 5.41 Å². The number of aliphatic hydroxyl groups is 1. The fraction of sp³-hybridized carbons (Fsp3) is 0.333. The molecule has 0 radical (unpaired) electrons. The van der Waals surface area contributed by atoms with Gasteiger partial charge in [0.1, 0.15) is 5.82 Å². The van der Waals surface area contributed by atoms with Gasteiger partial charge in [0.05, 0.1) is 11.4 Å². The van der Waals surface area contributed by atoms with Crippen molar-refractivity contribution < 1.29 is 5.11 Å². The van der Waals surface area contributed by atoms with Gasteiger partial charge in [-0.15, -0.1) is 0 Å². The zero-order valence-electron chi connectivity index (χ0n) is 11.5. The van der Waals surface area contributed by atoms with E-state index >= 15 is 0 Å². The van der Waals surface area contributed by atoms with Crippen LogP contribution in [-0.4, -0.2) is 15.1 Å². The molecule has 2 aromatic rings. The molecule has 0 spiro atoms. The third-order valence-corrected chi connectivity index (χ3v) is 3.26. The van der Waals surface area contributed by atoms with Gasteiger partial charge in [-0.1, -0.05) is 32.9 Å². The van der Waals surface area contributed by atoms with Crippen molar-refractivity contribution >= 4 is 5.82 Å². The lowest BCUT2D eigenvalue weighted by Crippen LogP contribution is -2.42. The van der Waals surface area contributed by atoms with E-state index in [9.17, 15) is 5.11 Å². The van der Waals surface area contributed by atoms with Gasteiger partial charge in [0.15, 0.2) is 5.60 Å². The second kappa shape index (κ2) is 4.63. The van der Waals surface area contributed by atoms with Crippen LogP contribution in [0.15, 0.2) is 42.6 Å². The molecule has 19 heavy (non-hydrogen) atoms. The minimum absolute atomic E-state index is 0.385. The average molecular weight is 257 g/mol. The maximum Gasteiger partial charge on any atom is 0.153 e. The van der Waals surface area contributed by atoms with Crippen molar-refractivity contribution in [1.82, 2.24) is 9.97 Å². The van der Waals surface area contributed by atoms with Gasteiger partial charge >= 0.3 is 0 Å². The number of pyridine rings is 2. The predicted octanol–water partition coefficient (Wildman–Crippen LogP) is 2.34. The molecule has 0 aliphatic heterocycles. The number of nitrogens with two attached hydrogens (primary N) is 1. The molecule has 0 fully saturated rings. The van der Waals surface area contributed by atoms with Gasteiger partial charge in [-0.25, -0.2) is 4.98 Å². The standard InChI is InChI=1S/C15H19N3O/c1-14(2,3)15(19,11-7-4-5-10-17-11)12-8-6-9-13(16)18-12/h4-10,19H,1-3H3,(H2,16,18). The van der Waals surface area contributed by atoms with Crippen molar-refractivity contribution in [2.75, 3.05) is 5.73 Å². The third-order valence-electron chi connectivity index (χ3n) is 3.26. The SMILES string of the molecule is CC(C)(C)C(O)(c1ccccn1)c1cccc(N)n1. The molecule has 0 aliphatic rings. The second-order valence-corrected chi connectivity index (χ2v) is 5.62. The van der Waals surface area contributed by atoms with Crippen LogP contribution in [0.1, 0.15) is 32.2 Å². The molecule has 3 N–H and O–H groups in total. The van der Waals surface area contributed by atoms with Crippen molar-refractivity contribution in [2.24, 2.45) is 5.41 Å². The molecule has 2 heterocycles. The van der Waals surface area contributed by atoms with Gasteiger partial charge in [-0.2, -0.15) is 0 Å². The highest BCUT2D eigenvalue weighted by molar-refractivity contribution is 5.36. The number of hydrogen-bond acceptors (Lipinski definition) is 4. The number of hydrogen-bond donors (Lipinski definition) is 2. The van der Waals surface area contributed by atoms with E-state index in [1.54, 1.807) is 30.5 Å². The quantitative estimate of drug-likeness (QED) is 0.866. The van der Waals surface area contributed by atoms with E-state index in [0.717, 1.165) is 0 Å². The Morgan fingerprint density at radius 3 is 2.21 bits per heavy atom. The molecule has 4 heteroatoms. The number of rotatable bonds is 2. The van der Waals surface area contributed by atoms with E-state index in [2.05, 4.69) is 9.97 Å². The molecule has 0 amide bonds. The molecule has 0 saturated carbocycles. The second-order valence-electron chi connectivity index (χ2n) is 5.62. The molecule has 100 valence electrons. The van der Waals surface area contributed by atoms with E-state index < -0.39 is 11.0 Å². The molecular weight excluding hydrogens is 238 g/mol. The first-order chi connectivity index (χ1) is 8.85. The third kappa shape index (κ3) is 2.31. The van der Waals surface area contributed by atoms with Crippen LogP contribution in [-0.2, 0) is 5.60 Å². The summed E-state index contributed by atoms with van der Waals surface area (Å²) in [5.74, 6) is 0.385. The summed E-state index contributed by atoms with van der Waals surface area (Å²) in [5.41, 5.74) is 5.06. The van der Waals surface area contributed by atoms with Gasteiger partial charge in [-0.3, -0.25) is 4.98 Å². The zero-order valence-corrected chi connectivity index (χ0v) is 11.5. The Hall–Kier alpha value is -1.94. The molecule has 0 aromatic carbocycles. The topological polar surface area (TPSA) is 72.0 Å². The van der Waals surface area contributed by atoms with Crippen LogP contribution >= 0.6 is 0 Å². The van der Waals surface area contributed by atoms with Gasteiger partial charge in [0, 0.05) is 11.6 Å². The maximum atomic E-state index is 11.2. The van der Waals surface area contributed by atoms with Crippen LogP contribution in [0.5, 0.6) is 0 Å². The first-order valence-electron chi connectivity index (χ1n) is 6.22. The van der Waals surface area contributed by atoms with E-state index in [-0.39, 0.29) is 0 Å². The van der Waals surface area contributed by atoms with Gasteiger partial charge in [-0.05, 0) is 24.3 Å². The molecule has 1 unspecified atom stereocenters. The first kappa shape index (κ1) is 13.5. The fourth-order valence-corrected chi connectivity index (χ4v) is 2.13. The molecule has 4 nitrogen and oxygen atoms in total. The summed E-state index contributed by atoms with van der Waals surface area (Å²) in [4.78, 5) is 8.57. The highest BCUT2D eigenvalue weighted by Crippen LogP contribution is 2.43. The molecule has 0 saturated heterocycles. The number of nitrogens with zero attached hydrogens (tertiary/aromatic N) is 2. The first-order valence-corrected chi connectivity index (χ1v) is 6.22. The van der Waals surface area contributed by atoms with Crippen molar-refractivity contribution in [2.45, 2.75) is 26.4 Å². The van der Waals surface area contributed by atoms with Gasteiger partial charge in [0.25, 0.3) is 0 Å². The number of nitrogen functional groups attached to an aromatic ring is 1. The van der Waals surface area contributed by atoms with Crippen LogP contribution in [0.2, 0.25) is 0 Å². The number of anilines is 1. The number of aromatic nitrogens is 2. The van der Waals surface area contributed by atoms with Crippen LogP contribution in [0.3, 0.4) is 0 Å². The van der Waals surface area contributed by atoms with Crippen molar-refractivity contribution in [1.29, 1.82) is 0 Å². The Balaban J connectivity index is 2.66. The summed E-state index contributed by atoms with van der Waals surface area (Å²) in [6.45, 7) is 5.85. The largest absolute Gasteiger partial charge is 0.384 e. The Kier molecular flexibility index (Phi) is 3.28. The summed E-state index contributed by atoms with van der Waals surface area (Å²) in [6, 6.07) is 10.7. The van der Waals surface area contributed by atoms with Crippen molar-refractivity contribution in [3.05, 3.63) is 54.0 Å². The van der Waals surface area contributed by atoms with E-state index in [4.69, 9.17) is 5.73 Å². The molecule has 0 bridgehead atoms. The smallest absolute Gasteiger partial charge is 0.153 e. The lowest BCUT2D eigenvalue weighted by molar-refractivity contribution is -0.0331. The van der Waals surface area contributed by atoms with Crippen molar-refractivity contribution in [3.8, 4) is 0 Å². The Labute approximate surface area is 113 Å². The summed E-state index contributed by atoms with van der Waals surface area (Å²) in [6.07, 6.45) is 1.67. The van der Waals surface area contributed by atoms with E-state index in [1.807, 2.05) is 32.9 Å². The zero-order chi connectivity index (χ0) is 14.1. The lowest BCUT2D eigenvalue weighted by atomic mass is 9.72. The molecule has 2 rings (SSSR count). The summed E-state index contributed by atoms with van der Waals surface area (Å²) in [5, 5.41) is 11.2. The minimum Gasteiger partial charge on any atom is -0.384 e. The highest BCUT2D eigenvalue weighted by Gasteiger charge is 2.45. The van der Waals surface area contributed by atoms with Crippen LogP contribution in [0.25, 0.3) is 0 Å². The minimum atomic E-state index is -1.29. The summed E-state index contributed by atoms with van der Waals surface area (Å²) >= 11 is 0. The molecule has 2 aromatic heterocycles. The predicted molar refractivity (Wildman–Crippen MR) is 75.3 cm³/mol. The lowest BCUT2D eigenvalue weighted by Gasteiger charge is -2.39. The molecule has 1 atom stereocenters.